The third-order valence-corrected chi connectivity index (χ3v) is 3.28. The van der Waals surface area contributed by atoms with E-state index < -0.39 is 0 Å². The molecule has 21 heavy (non-hydrogen) atoms. The summed E-state index contributed by atoms with van der Waals surface area (Å²) < 4.78 is 19.0. The van der Waals surface area contributed by atoms with Crippen molar-refractivity contribution < 1.29 is 9.13 Å². The number of hydrogen-bond acceptors (Lipinski definition) is 2. The van der Waals surface area contributed by atoms with Crippen LogP contribution < -0.4 is 10.1 Å². The van der Waals surface area contributed by atoms with Crippen LogP contribution in [-0.4, -0.2) is 13.2 Å². The van der Waals surface area contributed by atoms with Crippen LogP contribution >= 0.6 is 0 Å². The van der Waals surface area contributed by atoms with Crippen LogP contribution in [0.15, 0.2) is 48.5 Å². The van der Waals surface area contributed by atoms with Gasteiger partial charge in [0.1, 0.15) is 11.6 Å². The molecule has 2 nitrogen and oxygen atoms in total. The summed E-state index contributed by atoms with van der Waals surface area (Å²) >= 11 is 0. The van der Waals surface area contributed by atoms with E-state index in [1.165, 1.54) is 6.07 Å². The van der Waals surface area contributed by atoms with E-state index in [0.717, 1.165) is 36.4 Å². The zero-order valence-corrected chi connectivity index (χ0v) is 12.6. The van der Waals surface area contributed by atoms with Crippen LogP contribution in [0, 0.1) is 5.82 Å². The lowest BCUT2D eigenvalue weighted by molar-refractivity contribution is 0.317. The Bertz CT molecular complexity index is 553. The first kappa shape index (κ1) is 15.5. The molecule has 1 N–H and O–H groups in total. The second kappa shape index (κ2) is 7.79. The molecular formula is C18H22FNO. The Balaban J connectivity index is 2.21. The highest BCUT2D eigenvalue weighted by Gasteiger charge is 2.13. The fraction of sp³-hybridized carbons (Fsp3) is 0.333. The number of benzene rings is 2. The summed E-state index contributed by atoms with van der Waals surface area (Å²) in [7, 11) is 0. The molecule has 112 valence electrons. The lowest BCUT2D eigenvalue weighted by Crippen LogP contribution is -2.22. The predicted octanol–water partition coefficient (Wildman–Crippen LogP) is 4.31. The molecule has 0 saturated carbocycles. The molecule has 2 aromatic carbocycles. The lowest BCUT2D eigenvalue weighted by Gasteiger charge is -2.19. The van der Waals surface area contributed by atoms with Gasteiger partial charge in [0, 0.05) is 0 Å². The molecule has 0 bridgehead atoms. The van der Waals surface area contributed by atoms with Crippen LogP contribution in [0.25, 0.3) is 0 Å². The zero-order chi connectivity index (χ0) is 15.1. The van der Waals surface area contributed by atoms with E-state index >= 15 is 0 Å². The Morgan fingerprint density at radius 1 is 1.05 bits per heavy atom. The molecule has 0 fully saturated rings. The first-order valence-corrected chi connectivity index (χ1v) is 7.46. The molecule has 3 heteroatoms. The Morgan fingerprint density at radius 3 is 2.43 bits per heavy atom. The Morgan fingerprint density at radius 2 is 1.81 bits per heavy atom. The van der Waals surface area contributed by atoms with Crippen molar-refractivity contribution in [2.24, 2.45) is 0 Å². The van der Waals surface area contributed by atoms with Crippen LogP contribution in [0.5, 0.6) is 5.75 Å². The Labute approximate surface area is 126 Å². The maximum atomic E-state index is 13.4. The van der Waals surface area contributed by atoms with Crippen molar-refractivity contribution >= 4 is 0 Å². The lowest BCUT2D eigenvalue weighted by atomic mass is 9.98. The van der Waals surface area contributed by atoms with E-state index in [2.05, 4.69) is 12.2 Å². The van der Waals surface area contributed by atoms with Gasteiger partial charge in [-0.05, 0) is 48.4 Å². The van der Waals surface area contributed by atoms with E-state index in [1.807, 2.05) is 37.3 Å². The maximum Gasteiger partial charge on any atom is 0.123 e. The van der Waals surface area contributed by atoms with Crippen molar-refractivity contribution in [3.05, 3.63) is 65.5 Å². The van der Waals surface area contributed by atoms with E-state index in [4.69, 9.17) is 4.74 Å². The molecule has 0 radical (unpaired) electrons. The Kier molecular flexibility index (Phi) is 5.76. The van der Waals surface area contributed by atoms with Gasteiger partial charge >= 0.3 is 0 Å². The molecule has 0 aromatic heterocycles. The van der Waals surface area contributed by atoms with Gasteiger partial charge in [-0.2, -0.15) is 0 Å². The smallest absolute Gasteiger partial charge is 0.123 e. The van der Waals surface area contributed by atoms with Crippen molar-refractivity contribution in [1.82, 2.24) is 5.32 Å². The summed E-state index contributed by atoms with van der Waals surface area (Å²) in [6.45, 7) is 5.67. The molecule has 0 aliphatic carbocycles. The van der Waals surface area contributed by atoms with Gasteiger partial charge in [-0.25, -0.2) is 4.39 Å². The van der Waals surface area contributed by atoms with Crippen LogP contribution in [0.3, 0.4) is 0 Å². The number of hydrogen-bond donors (Lipinski definition) is 1. The van der Waals surface area contributed by atoms with Gasteiger partial charge in [-0.1, -0.05) is 38.1 Å². The molecule has 1 unspecified atom stereocenters. The standard InChI is InChI=1S/C18H22FNO/c1-3-12-21-17-10-8-14(9-11-17)18(20-4-2)15-6-5-7-16(19)13-15/h5-11,13,18,20H,3-4,12H2,1-2H3. The van der Waals surface area contributed by atoms with Crippen molar-refractivity contribution in [2.45, 2.75) is 26.3 Å². The summed E-state index contributed by atoms with van der Waals surface area (Å²) in [5.74, 6) is 0.661. The van der Waals surface area contributed by atoms with Gasteiger partial charge < -0.3 is 10.1 Å². The number of halogens is 1. The molecular weight excluding hydrogens is 265 g/mol. The summed E-state index contributed by atoms with van der Waals surface area (Å²) in [6.07, 6.45) is 0.991. The van der Waals surface area contributed by atoms with Crippen molar-refractivity contribution in [3.8, 4) is 5.75 Å². The zero-order valence-electron chi connectivity index (χ0n) is 12.6. The highest BCUT2D eigenvalue weighted by atomic mass is 19.1. The monoisotopic (exact) mass is 287 g/mol. The highest BCUT2D eigenvalue weighted by molar-refractivity contribution is 5.35. The van der Waals surface area contributed by atoms with E-state index in [9.17, 15) is 4.39 Å². The first-order valence-electron chi connectivity index (χ1n) is 7.46. The summed E-state index contributed by atoms with van der Waals surface area (Å²) in [6, 6.07) is 14.7. The van der Waals surface area contributed by atoms with Gasteiger partial charge in [0.2, 0.25) is 0 Å². The van der Waals surface area contributed by atoms with Gasteiger partial charge in [0.25, 0.3) is 0 Å². The third-order valence-electron chi connectivity index (χ3n) is 3.28. The van der Waals surface area contributed by atoms with Gasteiger partial charge in [0.15, 0.2) is 0 Å². The minimum absolute atomic E-state index is 0.00840. The van der Waals surface area contributed by atoms with Crippen LogP contribution in [-0.2, 0) is 0 Å². The number of ether oxygens (including phenoxy) is 1. The fourth-order valence-corrected chi connectivity index (χ4v) is 2.29. The predicted molar refractivity (Wildman–Crippen MR) is 84.1 cm³/mol. The summed E-state index contributed by atoms with van der Waals surface area (Å²) in [5, 5.41) is 3.40. The minimum Gasteiger partial charge on any atom is -0.494 e. The molecule has 2 aromatic rings. The molecule has 0 saturated heterocycles. The van der Waals surface area contributed by atoms with E-state index in [-0.39, 0.29) is 11.9 Å². The second-order valence-corrected chi connectivity index (χ2v) is 4.96. The molecule has 1 atom stereocenters. The van der Waals surface area contributed by atoms with Gasteiger partial charge in [-0.15, -0.1) is 0 Å². The molecule has 0 heterocycles. The van der Waals surface area contributed by atoms with E-state index in [1.54, 1.807) is 12.1 Å². The SMILES string of the molecule is CCCOc1ccc(C(NCC)c2cccc(F)c2)cc1. The second-order valence-electron chi connectivity index (χ2n) is 4.96. The van der Waals surface area contributed by atoms with Crippen molar-refractivity contribution in [1.29, 1.82) is 0 Å². The average Bonchev–Trinajstić information content (AvgIpc) is 2.51. The van der Waals surface area contributed by atoms with Crippen molar-refractivity contribution in [3.63, 3.8) is 0 Å². The number of nitrogens with one attached hydrogen (secondary N) is 1. The van der Waals surface area contributed by atoms with Crippen LogP contribution in [0.1, 0.15) is 37.4 Å². The minimum atomic E-state index is -0.210. The largest absolute Gasteiger partial charge is 0.494 e. The van der Waals surface area contributed by atoms with Crippen LogP contribution in [0.4, 0.5) is 4.39 Å². The Hall–Kier alpha value is -1.87. The van der Waals surface area contributed by atoms with E-state index in [0.29, 0.717) is 0 Å². The molecule has 0 spiro atoms. The molecule has 2 rings (SSSR count). The summed E-state index contributed by atoms with van der Waals surface area (Å²) in [5.41, 5.74) is 2.03. The number of rotatable bonds is 7. The fourth-order valence-electron chi connectivity index (χ4n) is 2.29. The maximum absolute atomic E-state index is 13.4. The van der Waals surface area contributed by atoms with Gasteiger partial charge in [0.05, 0.1) is 12.6 Å². The average molecular weight is 287 g/mol. The summed E-state index contributed by atoms with van der Waals surface area (Å²) in [4.78, 5) is 0. The molecule has 0 amide bonds. The quantitative estimate of drug-likeness (QED) is 0.819. The first-order chi connectivity index (χ1) is 10.2. The van der Waals surface area contributed by atoms with Crippen molar-refractivity contribution in [2.75, 3.05) is 13.2 Å². The van der Waals surface area contributed by atoms with Crippen LogP contribution in [0.2, 0.25) is 0 Å². The highest BCUT2D eigenvalue weighted by Crippen LogP contribution is 2.24. The molecule has 0 aliphatic rings. The third kappa shape index (κ3) is 4.30. The normalized spacial score (nSPS) is 12.1. The van der Waals surface area contributed by atoms with Gasteiger partial charge in [-0.3, -0.25) is 0 Å². The topological polar surface area (TPSA) is 21.3 Å². The molecule has 0 aliphatic heterocycles.